The Labute approximate surface area is 81.2 Å². The molecule has 0 aromatic heterocycles. The van der Waals surface area contributed by atoms with Gasteiger partial charge in [0.25, 0.3) is 0 Å². The van der Waals surface area contributed by atoms with Crippen LogP contribution < -0.4 is 5.73 Å². The molecule has 0 radical (unpaired) electrons. The van der Waals surface area contributed by atoms with Crippen LogP contribution in [0.3, 0.4) is 0 Å². The van der Waals surface area contributed by atoms with Crippen LogP contribution in [0.15, 0.2) is 0 Å². The van der Waals surface area contributed by atoms with E-state index in [-0.39, 0.29) is 12.1 Å². The molecule has 0 aromatic carbocycles. The molecule has 0 saturated carbocycles. The highest BCUT2D eigenvalue weighted by Gasteiger charge is 2.16. The molecule has 0 saturated heterocycles. The van der Waals surface area contributed by atoms with Crippen molar-refractivity contribution in [3.8, 4) is 0 Å². The number of likely N-dealkylation sites (N-methyl/N-ethyl adjacent to an activating group) is 1. The summed E-state index contributed by atoms with van der Waals surface area (Å²) < 4.78 is 0. The molecular formula is C9H22N4. The first-order valence-corrected chi connectivity index (χ1v) is 4.56. The fraction of sp³-hybridized carbons (Fsp3) is 0.889. The highest BCUT2D eigenvalue weighted by molar-refractivity contribution is 5.61. The van der Waals surface area contributed by atoms with Gasteiger partial charge in [-0.3, -0.25) is 0 Å². The van der Waals surface area contributed by atoms with Crippen LogP contribution in [-0.4, -0.2) is 62.8 Å². The normalized spacial score (nSPS) is 16.2. The van der Waals surface area contributed by atoms with Crippen molar-refractivity contribution < 1.29 is 0 Å². The molecule has 2 unspecified atom stereocenters. The summed E-state index contributed by atoms with van der Waals surface area (Å²) >= 11 is 0. The summed E-state index contributed by atoms with van der Waals surface area (Å²) in [6.07, 6.45) is 2.34. The number of nitrogens with two attached hydrogens (primary N) is 1. The molecule has 0 amide bonds. The largest absolute Gasteiger partial charge is 0.326 e. The molecule has 3 N–H and O–H groups in total. The van der Waals surface area contributed by atoms with Gasteiger partial charge < -0.3 is 20.9 Å². The van der Waals surface area contributed by atoms with E-state index in [1.807, 2.05) is 33.1 Å². The number of nitrogens with one attached hydrogen (secondary N) is 1. The maximum absolute atomic E-state index is 7.25. The highest BCUT2D eigenvalue weighted by Crippen LogP contribution is 2.00. The summed E-state index contributed by atoms with van der Waals surface area (Å²) in [5, 5.41) is 7.25. The molecule has 4 heteroatoms. The smallest absolute Gasteiger partial charge is 0.0591 e. The second kappa shape index (κ2) is 6.07. The first-order valence-electron chi connectivity index (χ1n) is 4.56. The molecule has 0 fully saturated rings. The van der Waals surface area contributed by atoms with Gasteiger partial charge in [-0.1, -0.05) is 0 Å². The Bertz CT molecular complexity index is 145. The van der Waals surface area contributed by atoms with Gasteiger partial charge in [0.2, 0.25) is 0 Å². The SMILES string of the molecule is CN(C)CCC(N)C(C=N)N(C)C. The van der Waals surface area contributed by atoms with Crippen LogP contribution in [0.25, 0.3) is 0 Å². The molecule has 2 atom stereocenters. The second-order valence-electron chi connectivity index (χ2n) is 3.88. The Hall–Kier alpha value is -0.450. The fourth-order valence-electron chi connectivity index (χ4n) is 1.23. The van der Waals surface area contributed by atoms with E-state index in [0.717, 1.165) is 13.0 Å². The van der Waals surface area contributed by atoms with Crippen molar-refractivity contribution in [3.05, 3.63) is 0 Å². The zero-order chi connectivity index (χ0) is 10.4. The van der Waals surface area contributed by atoms with Crippen LogP contribution >= 0.6 is 0 Å². The van der Waals surface area contributed by atoms with Crippen LogP contribution in [0.2, 0.25) is 0 Å². The lowest BCUT2D eigenvalue weighted by Crippen LogP contribution is -2.46. The van der Waals surface area contributed by atoms with E-state index in [1.165, 1.54) is 6.21 Å². The van der Waals surface area contributed by atoms with Crippen molar-refractivity contribution >= 4 is 6.21 Å². The van der Waals surface area contributed by atoms with Crippen molar-refractivity contribution in [2.75, 3.05) is 34.7 Å². The molecule has 0 aliphatic rings. The third-order valence-corrected chi connectivity index (χ3v) is 2.12. The summed E-state index contributed by atoms with van der Waals surface area (Å²) in [5.74, 6) is 0. The van der Waals surface area contributed by atoms with Crippen molar-refractivity contribution in [3.63, 3.8) is 0 Å². The van der Waals surface area contributed by atoms with Crippen molar-refractivity contribution in [2.24, 2.45) is 5.73 Å². The highest BCUT2D eigenvalue weighted by atomic mass is 15.1. The summed E-state index contributed by atoms with van der Waals surface area (Å²) in [7, 11) is 7.96. The monoisotopic (exact) mass is 186 g/mol. The van der Waals surface area contributed by atoms with E-state index >= 15 is 0 Å². The quantitative estimate of drug-likeness (QED) is 0.567. The van der Waals surface area contributed by atoms with E-state index in [4.69, 9.17) is 11.1 Å². The van der Waals surface area contributed by atoms with Gasteiger partial charge in [-0.15, -0.1) is 0 Å². The lowest BCUT2D eigenvalue weighted by Gasteiger charge is -2.26. The number of hydrogen-bond acceptors (Lipinski definition) is 4. The summed E-state index contributed by atoms with van der Waals surface area (Å²) in [6, 6.07) is 0.106. The number of nitrogens with zero attached hydrogens (tertiary/aromatic N) is 2. The lowest BCUT2D eigenvalue weighted by molar-refractivity contribution is 0.291. The standard InChI is InChI=1S/C9H22N4/c1-12(2)6-5-8(11)9(7-10)13(3)4/h7-10H,5-6,11H2,1-4H3. The zero-order valence-corrected chi connectivity index (χ0v) is 9.12. The molecular weight excluding hydrogens is 164 g/mol. The van der Waals surface area contributed by atoms with E-state index in [9.17, 15) is 0 Å². The van der Waals surface area contributed by atoms with Gasteiger partial charge in [-0.25, -0.2) is 0 Å². The zero-order valence-electron chi connectivity index (χ0n) is 9.12. The molecule has 78 valence electrons. The van der Waals surface area contributed by atoms with Crippen LogP contribution in [0, 0.1) is 5.41 Å². The minimum absolute atomic E-state index is 0.0508. The van der Waals surface area contributed by atoms with Gasteiger partial charge in [-0.05, 0) is 41.2 Å². The maximum Gasteiger partial charge on any atom is 0.0591 e. The predicted octanol–water partition coefficient (Wildman–Crippen LogP) is -0.155. The Morgan fingerprint density at radius 1 is 1.31 bits per heavy atom. The lowest BCUT2D eigenvalue weighted by atomic mass is 10.1. The molecule has 0 spiro atoms. The average Bonchev–Trinajstić information content (AvgIpc) is 2.01. The van der Waals surface area contributed by atoms with Crippen LogP contribution in [0.5, 0.6) is 0 Å². The Morgan fingerprint density at radius 2 is 1.85 bits per heavy atom. The molecule has 13 heavy (non-hydrogen) atoms. The van der Waals surface area contributed by atoms with E-state index < -0.39 is 0 Å². The fourth-order valence-corrected chi connectivity index (χ4v) is 1.23. The van der Waals surface area contributed by atoms with Crippen molar-refractivity contribution in [1.82, 2.24) is 9.80 Å². The van der Waals surface area contributed by atoms with Gasteiger partial charge in [0.05, 0.1) is 6.04 Å². The molecule has 0 rings (SSSR count). The number of rotatable bonds is 6. The van der Waals surface area contributed by atoms with Crippen molar-refractivity contribution in [2.45, 2.75) is 18.5 Å². The van der Waals surface area contributed by atoms with Gasteiger partial charge in [-0.2, -0.15) is 0 Å². The third-order valence-electron chi connectivity index (χ3n) is 2.12. The number of hydrogen-bond donors (Lipinski definition) is 2. The molecule has 4 nitrogen and oxygen atoms in total. The van der Waals surface area contributed by atoms with Crippen LogP contribution in [0.1, 0.15) is 6.42 Å². The molecule has 0 bridgehead atoms. The van der Waals surface area contributed by atoms with Crippen molar-refractivity contribution in [1.29, 1.82) is 5.41 Å². The Kier molecular flexibility index (Phi) is 5.86. The van der Waals surface area contributed by atoms with Gasteiger partial charge >= 0.3 is 0 Å². The Morgan fingerprint density at radius 3 is 2.15 bits per heavy atom. The average molecular weight is 186 g/mol. The van der Waals surface area contributed by atoms with Crippen LogP contribution in [0.4, 0.5) is 0 Å². The third kappa shape index (κ3) is 4.98. The predicted molar refractivity (Wildman–Crippen MR) is 57.4 cm³/mol. The maximum atomic E-state index is 7.25. The molecule has 0 aliphatic heterocycles. The minimum Gasteiger partial charge on any atom is -0.326 e. The molecule has 0 aliphatic carbocycles. The van der Waals surface area contributed by atoms with Gasteiger partial charge in [0.1, 0.15) is 0 Å². The van der Waals surface area contributed by atoms with Gasteiger partial charge in [0.15, 0.2) is 0 Å². The Balaban J connectivity index is 3.91. The minimum atomic E-state index is 0.0508. The van der Waals surface area contributed by atoms with E-state index in [2.05, 4.69) is 4.90 Å². The topological polar surface area (TPSA) is 56.4 Å². The summed E-state index contributed by atoms with van der Waals surface area (Å²) in [5.41, 5.74) is 5.96. The summed E-state index contributed by atoms with van der Waals surface area (Å²) in [6.45, 7) is 0.972. The first kappa shape index (κ1) is 12.6. The van der Waals surface area contributed by atoms with E-state index in [1.54, 1.807) is 0 Å². The first-order chi connectivity index (χ1) is 5.99. The van der Waals surface area contributed by atoms with E-state index in [0.29, 0.717) is 0 Å². The molecule has 0 aromatic rings. The van der Waals surface area contributed by atoms with Gasteiger partial charge in [0, 0.05) is 12.3 Å². The summed E-state index contributed by atoms with van der Waals surface area (Å²) in [4.78, 5) is 4.09. The molecule has 0 heterocycles. The van der Waals surface area contributed by atoms with Crippen LogP contribution in [-0.2, 0) is 0 Å². The second-order valence-corrected chi connectivity index (χ2v) is 3.88.